The average Bonchev–Trinajstić information content (AvgIpc) is 2.09. The van der Waals surface area contributed by atoms with Gasteiger partial charge in [-0.1, -0.05) is 0 Å². The Balaban J connectivity index is 2.52. The molecule has 1 N–H and O–H groups in total. The van der Waals surface area contributed by atoms with Crippen LogP contribution < -0.4 is 11.0 Å². The van der Waals surface area contributed by atoms with Crippen LogP contribution in [0.15, 0.2) is 23.3 Å². The molecule has 0 atom stereocenters. The van der Waals surface area contributed by atoms with E-state index >= 15 is 0 Å². The standard InChI is InChI=1S/C8H13N3O/c1-9-4-2-6-11-7-3-5-10-8(11)12/h3,5,7,9H,2,4,6H2,1H3. The normalized spacial score (nSPS) is 10.1. The second-order valence-corrected chi connectivity index (χ2v) is 2.55. The quantitative estimate of drug-likeness (QED) is 0.634. The number of nitrogens with zero attached hydrogens (tertiary/aromatic N) is 2. The van der Waals surface area contributed by atoms with Crippen LogP contribution in [0.5, 0.6) is 0 Å². The first-order valence-corrected chi connectivity index (χ1v) is 4.00. The Kier molecular flexibility index (Phi) is 3.47. The van der Waals surface area contributed by atoms with Gasteiger partial charge in [-0.15, -0.1) is 0 Å². The molecule has 0 aliphatic carbocycles. The van der Waals surface area contributed by atoms with Crippen LogP contribution >= 0.6 is 0 Å². The molecule has 4 heteroatoms. The lowest BCUT2D eigenvalue weighted by atomic mass is 10.4. The number of nitrogens with one attached hydrogen (secondary N) is 1. The molecule has 12 heavy (non-hydrogen) atoms. The van der Waals surface area contributed by atoms with Crippen LogP contribution in [-0.2, 0) is 6.54 Å². The third-order valence-electron chi connectivity index (χ3n) is 1.61. The maximum Gasteiger partial charge on any atom is 0.347 e. The first-order valence-electron chi connectivity index (χ1n) is 4.00. The van der Waals surface area contributed by atoms with Crippen molar-refractivity contribution in [1.29, 1.82) is 0 Å². The van der Waals surface area contributed by atoms with Crippen molar-refractivity contribution < 1.29 is 0 Å². The fraction of sp³-hybridized carbons (Fsp3) is 0.500. The third-order valence-corrected chi connectivity index (χ3v) is 1.61. The molecule has 0 unspecified atom stereocenters. The van der Waals surface area contributed by atoms with E-state index in [0.717, 1.165) is 19.5 Å². The number of aryl methyl sites for hydroxylation is 1. The molecule has 66 valence electrons. The monoisotopic (exact) mass is 167 g/mol. The molecule has 1 rings (SSSR count). The lowest BCUT2D eigenvalue weighted by molar-refractivity contribution is 0.586. The van der Waals surface area contributed by atoms with Crippen molar-refractivity contribution in [2.45, 2.75) is 13.0 Å². The van der Waals surface area contributed by atoms with E-state index in [1.807, 2.05) is 7.05 Å². The zero-order chi connectivity index (χ0) is 8.81. The summed E-state index contributed by atoms with van der Waals surface area (Å²) in [6.07, 6.45) is 4.21. The summed E-state index contributed by atoms with van der Waals surface area (Å²) in [5.74, 6) is 0. The van der Waals surface area contributed by atoms with Gasteiger partial charge in [0.05, 0.1) is 0 Å². The number of aromatic nitrogens is 2. The first kappa shape index (κ1) is 8.93. The van der Waals surface area contributed by atoms with Gasteiger partial charge in [0.25, 0.3) is 0 Å². The van der Waals surface area contributed by atoms with E-state index in [1.165, 1.54) is 6.20 Å². The number of hydrogen-bond acceptors (Lipinski definition) is 3. The maximum absolute atomic E-state index is 11.0. The molecule has 0 saturated heterocycles. The lowest BCUT2D eigenvalue weighted by Gasteiger charge is -2.02. The summed E-state index contributed by atoms with van der Waals surface area (Å²) in [6, 6.07) is 1.76. The molecule has 0 aliphatic rings. The fourth-order valence-corrected chi connectivity index (χ4v) is 0.983. The molecule has 0 amide bonds. The molecule has 0 radical (unpaired) electrons. The zero-order valence-electron chi connectivity index (χ0n) is 7.16. The van der Waals surface area contributed by atoms with Crippen LogP contribution in [0.3, 0.4) is 0 Å². The minimum absolute atomic E-state index is 0.173. The van der Waals surface area contributed by atoms with Gasteiger partial charge in [0, 0.05) is 18.9 Å². The van der Waals surface area contributed by atoms with Gasteiger partial charge in [-0.05, 0) is 26.1 Å². The average molecular weight is 167 g/mol. The molecule has 0 aliphatic heterocycles. The van der Waals surface area contributed by atoms with Crippen molar-refractivity contribution >= 4 is 0 Å². The summed E-state index contributed by atoms with van der Waals surface area (Å²) in [4.78, 5) is 14.7. The SMILES string of the molecule is CNCCCn1cccnc1=O. The van der Waals surface area contributed by atoms with E-state index in [1.54, 1.807) is 16.8 Å². The minimum Gasteiger partial charge on any atom is -0.320 e. The second-order valence-electron chi connectivity index (χ2n) is 2.55. The highest BCUT2D eigenvalue weighted by molar-refractivity contribution is 4.80. The van der Waals surface area contributed by atoms with Crippen molar-refractivity contribution in [1.82, 2.24) is 14.9 Å². The van der Waals surface area contributed by atoms with Crippen LogP contribution in [0.25, 0.3) is 0 Å². The largest absolute Gasteiger partial charge is 0.347 e. The second kappa shape index (κ2) is 4.66. The number of hydrogen-bond donors (Lipinski definition) is 1. The van der Waals surface area contributed by atoms with Gasteiger partial charge in [0.1, 0.15) is 0 Å². The van der Waals surface area contributed by atoms with E-state index < -0.39 is 0 Å². The van der Waals surface area contributed by atoms with Crippen molar-refractivity contribution in [2.75, 3.05) is 13.6 Å². The minimum atomic E-state index is -0.173. The van der Waals surface area contributed by atoms with E-state index in [-0.39, 0.29) is 5.69 Å². The molecule has 0 bridgehead atoms. The Hall–Kier alpha value is -1.16. The Morgan fingerprint density at radius 3 is 3.17 bits per heavy atom. The molecule has 1 aromatic heterocycles. The van der Waals surface area contributed by atoms with Crippen LogP contribution in [-0.4, -0.2) is 23.1 Å². The molecule has 4 nitrogen and oxygen atoms in total. The summed E-state index contributed by atoms with van der Waals surface area (Å²) in [5.41, 5.74) is -0.173. The van der Waals surface area contributed by atoms with Gasteiger partial charge in [-0.25, -0.2) is 9.78 Å². The molecule has 0 spiro atoms. The van der Waals surface area contributed by atoms with Crippen LogP contribution in [0.4, 0.5) is 0 Å². The highest BCUT2D eigenvalue weighted by Gasteiger charge is 1.92. The lowest BCUT2D eigenvalue weighted by Crippen LogP contribution is -2.23. The van der Waals surface area contributed by atoms with E-state index in [2.05, 4.69) is 10.3 Å². The van der Waals surface area contributed by atoms with Crippen LogP contribution in [0.1, 0.15) is 6.42 Å². The Morgan fingerprint density at radius 1 is 1.67 bits per heavy atom. The van der Waals surface area contributed by atoms with E-state index in [9.17, 15) is 4.79 Å². The highest BCUT2D eigenvalue weighted by atomic mass is 16.1. The Bertz CT molecular complexity index is 282. The smallest absolute Gasteiger partial charge is 0.320 e. The predicted octanol–water partition coefficient (Wildman–Crippen LogP) is -0.147. The van der Waals surface area contributed by atoms with E-state index in [0.29, 0.717) is 0 Å². The summed E-state index contributed by atoms with van der Waals surface area (Å²) >= 11 is 0. The van der Waals surface area contributed by atoms with Crippen LogP contribution in [0.2, 0.25) is 0 Å². The Morgan fingerprint density at radius 2 is 2.50 bits per heavy atom. The zero-order valence-corrected chi connectivity index (χ0v) is 7.16. The summed E-state index contributed by atoms with van der Waals surface area (Å²) in [6.45, 7) is 1.65. The summed E-state index contributed by atoms with van der Waals surface area (Å²) < 4.78 is 1.61. The third kappa shape index (κ3) is 2.47. The van der Waals surface area contributed by atoms with Crippen LogP contribution in [0, 0.1) is 0 Å². The topological polar surface area (TPSA) is 46.9 Å². The molecule has 0 fully saturated rings. The Labute approximate surface area is 71.3 Å². The van der Waals surface area contributed by atoms with Crippen molar-refractivity contribution in [3.63, 3.8) is 0 Å². The van der Waals surface area contributed by atoms with Crippen molar-refractivity contribution in [3.8, 4) is 0 Å². The van der Waals surface area contributed by atoms with Gasteiger partial charge >= 0.3 is 5.69 Å². The molecular weight excluding hydrogens is 154 g/mol. The predicted molar refractivity (Wildman–Crippen MR) is 47.0 cm³/mol. The molecule has 0 aromatic carbocycles. The molecule has 1 aromatic rings. The highest BCUT2D eigenvalue weighted by Crippen LogP contribution is 1.83. The molecular formula is C8H13N3O. The fourth-order valence-electron chi connectivity index (χ4n) is 0.983. The molecule has 0 saturated carbocycles. The van der Waals surface area contributed by atoms with Gasteiger partial charge in [-0.2, -0.15) is 0 Å². The molecule has 1 heterocycles. The van der Waals surface area contributed by atoms with Gasteiger partial charge < -0.3 is 5.32 Å². The van der Waals surface area contributed by atoms with Gasteiger partial charge in [0.15, 0.2) is 0 Å². The van der Waals surface area contributed by atoms with Gasteiger partial charge in [0.2, 0.25) is 0 Å². The van der Waals surface area contributed by atoms with Crippen molar-refractivity contribution in [3.05, 3.63) is 28.9 Å². The van der Waals surface area contributed by atoms with Gasteiger partial charge in [-0.3, -0.25) is 4.57 Å². The first-order chi connectivity index (χ1) is 5.84. The number of rotatable bonds is 4. The maximum atomic E-state index is 11.0. The van der Waals surface area contributed by atoms with E-state index in [4.69, 9.17) is 0 Å². The summed E-state index contributed by atoms with van der Waals surface area (Å²) in [7, 11) is 1.89. The van der Waals surface area contributed by atoms with Crippen molar-refractivity contribution in [2.24, 2.45) is 0 Å². The summed E-state index contributed by atoms with van der Waals surface area (Å²) in [5, 5.41) is 3.02.